The van der Waals surface area contributed by atoms with E-state index in [1.807, 2.05) is 32.0 Å². The SMILES string of the molecule is CCN(CC)S(=O)(=O)c1ccc(NC(=O)CN2CCC[C@H]2c2nc3ccccc3s2)cc1. The molecule has 1 fully saturated rings. The monoisotopic (exact) mass is 472 g/mol. The minimum Gasteiger partial charge on any atom is -0.325 e. The fourth-order valence-corrected chi connectivity index (χ4v) is 6.73. The number of hydrogen-bond donors (Lipinski definition) is 1. The third-order valence-corrected chi connectivity index (χ3v) is 8.99. The zero-order valence-electron chi connectivity index (χ0n) is 18.3. The minimum atomic E-state index is -3.51. The van der Waals surface area contributed by atoms with Gasteiger partial charge in [0.2, 0.25) is 15.9 Å². The number of nitrogens with one attached hydrogen (secondary N) is 1. The average Bonchev–Trinajstić information content (AvgIpc) is 3.41. The van der Waals surface area contributed by atoms with E-state index in [1.54, 1.807) is 35.6 Å². The Balaban J connectivity index is 1.41. The van der Waals surface area contributed by atoms with Crippen LogP contribution in [0.5, 0.6) is 0 Å². The maximum atomic E-state index is 12.7. The predicted octanol–water partition coefficient (Wildman–Crippen LogP) is 4.10. The summed E-state index contributed by atoms with van der Waals surface area (Å²) >= 11 is 1.69. The van der Waals surface area contributed by atoms with Crippen LogP contribution in [0.25, 0.3) is 10.2 Å². The molecule has 1 aliphatic heterocycles. The Labute approximate surface area is 193 Å². The van der Waals surface area contributed by atoms with Crippen molar-refractivity contribution in [3.63, 3.8) is 0 Å². The molecule has 9 heteroatoms. The van der Waals surface area contributed by atoms with Crippen LogP contribution >= 0.6 is 11.3 Å². The number of benzene rings is 2. The van der Waals surface area contributed by atoms with Crippen LogP contribution in [0.4, 0.5) is 5.69 Å². The molecule has 0 saturated carbocycles. The van der Waals surface area contributed by atoms with Crippen LogP contribution in [0.3, 0.4) is 0 Å². The summed E-state index contributed by atoms with van der Waals surface area (Å²) in [6, 6.07) is 14.6. The van der Waals surface area contributed by atoms with E-state index in [1.165, 1.54) is 9.01 Å². The van der Waals surface area contributed by atoms with Gasteiger partial charge in [0.15, 0.2) is 0 Å². The summed E-state index contributed by atoms with van der Waals surface area (Å²) in [5.41, 5.74) is 1.59. The lowest BCUT2D eigenvalue weighted by Crippen LogP contribution is -2.33. The van der Waals surface area contributed by atoms with E-state index in [9.17, 15) is 13.2 Å². The summed E-state index contributed by atoms with van der Waals surface area (Å²) in [5, 5.41) is 3.96. The number of para-hydroxylation sites is 1. The van der Waals surface area contributed by atoms with Gasteiger partial charge in [0, 0.05) is 18.8 Å². The maximum Gasteiger partial charge on any atom is 0.243 e. The Morgan fingerprint density at radius 1 is 1.16 bits per heavy atom. The van der Waals surface area contributed by atoms with Gasteiger partial charge in [-0.25, -0.2) is 13.4 Å². The summed E-state index contributed by atoms with van der Waals surface area (Å²) < 4.78 is 27.8. The third kappa shape index (κ3) is 4.71. The molecular weight excluding hydrogens is 444 g/mol. The van der Waals surface area contributed by atoms with Crippen molar-refractivity contribution in [3.8, 4) is 0 Å². The Hall–Kier alpha value is -2.33. The van der Waals surface area contributed by atoms with E-state index in [2.05, 4.69) is 16.3 Å². The summed E-state index contributed by atoms with van der Waals surface area (Å²) in [7, 11) is -3.51. The molecule has 1 amide bonds. The number of carbonyl (C=O) groups is 1. The molecule has 1 atom stereocenters. The van der Waals surface area contributed by atoms with Gasteiger partial charge in [-0.2, -0.15) is 4.31 Å². The number of anilines is 1. The highest BCUT2D eigenvalue weighted by molar-refractivity contribution is 7.89. The Kier molecular flexibility index (Phi) is 6.90. The van der Waals surface area contributed by atoms with Gasteiger partial charge in [-0.3, -0.25) is 9.69 Å². The molecule has 0 radical (unpaired) electrons. The first-order valence-corrected chi connectivity index (χ1v) is 13.2. The van der Waals surface area contributed by atoms with Crippen molar-refractivity contribution in [2.75, 3.05) is 31.5 Å². The predicted molar refractivity (Wildman–Crippen MR) is 128 cm³/mol. The molecule has 2 aromatic carbocycles. The molecule has 32 heavy (non-hydrogen) atoms. The Bertz CT molecular complexity index is 1150. The van der Waals surface area contributed by atoms with Crippen molar-refractivity contribution in [1.29, 1.82) is 0 Å². The summed E-state index contributed by atoms with van der Waals surface area (Å²) in [4.78, 5) is 19.9. The van der Waals surface area contributed by atoms with E-state index in [-0.39, 0.29) is 23.4 Å². The van der Waals surface area contributed by atoms with Crippen LogP contribution < -0.4 is 5.32 Å². The van der Waals surface area contributed by atoms with Gasteiger partial charge in [0.25, 0.3) is 0 Å². The highest BCUT2D eigenvalue weighted by atomic mass is 32.2. The molecule has 2 heterocycles. The lowest BCUT2D eigenvalue weighted by Gasteiger charge is -2.22. The van der Waals surface area contributed by atoms with Crippen LogP contribution in [0.15, 0.2) is 53.4 Å². The molecule has 170 valence electrons. The van der Waals surface area contributed by atoms with E-state index >= 15 is 0 Å². The van der Waals surface area contributed by atoms with Gasteiger partial charge < -0.3 is 5.32 Å². The highest BCUT2D eigenvalue weighted by Crippen LogP contribution is 2.36. The lowest BCUT2D eigenvalue weighted by molar-refractivity contribution is -0.117. The highest BCUT2D eigenvalue weighted by Gasteiger charge is 2.30. The van der Waals surface area contributed by atoms with Crippen molar-refractivity contribution in [3.05, 3.63) is 53.5 Å². The molecule has 0 unspecified atom stereocenters. The molecule has 1 N–H and O–H groups in total. The molecule has 0 spiro atoms. The first kappa shape index (κ1) is 22.8. The zero-order valence-corrected chi connectivity index (χ0v) is 20.0. The number of nitrogens with zero attached hydrogens (tertiary/aromatic N) is 3. The molecule has 1 aliphatic rings. The fourth-order valence-electron chi connectivity index (χ4n) is 4.14. The van der Waals surface area contributed by atoms with Gasteiger partial charge >= 0.3 is 0 Å². The van der Waals surface area contributed by atoms with Gasteiger partial charge in [0.05, 0.1) is 27.7 Å². The van der Waals surface area contributed by atoms with Crippen molar-refractivity contribution in [2.45, 2.75) is 37.6 Å². The van der Waals surface area contributed by atoms with Crippen molar-refractivity contribution < 1.29 is 13.2 Å². The number of thiazole rings is 1. The van der Waals surface area contributed by atoms with Gasteiger partial charge in [0.1, 0.15) is 5.01 Å². The molecule has 1 aromatic heterocycles. The zero-order chi connectivity index (χ0) is 22.7. The molecule has 0 bridgehead atoms. The first-order valence-electron chi connectivity index (χ1n) is 10.9. The smallest absolute Gasteiger partial charge is 0.243 e. The molecule has 7 nitrogen and oxygen atoms in total. The molecule has 0 aliphatic carbocycles. The lowest BCUT2D eigenvalue weighted by atomic mass is 10.2. The Morgan fingerprint density at radius 3 is 2.56 bits per heavy atom. The number of fused-ring (bicyclic) bond motifs is 1. The second-order valence-electron chi connectivity index (χ2n) is 7.81. The number of aromatic nitrogens is 1. The third-order valence-electron chi connectivity index (χ3n) is 5.79. The summed E-state index contributed by atoms with van der Waals surface area (Å²) in [6.07, 6.45) is 2.02. The number of carbonyl (C=O) groups excluding carboxylic acids is 1. The number of sulfonamides is 1. The van der Waals surface area contributed by atoms with Gasteiger partial charge in [-0.05, 0) is 55.8 Å². The summed E-state index contributed by atoms with van der Waals surface area (Å²) in [5.74, 6) is -0.114. The minimum absolute atomic E-state index is 0.114. The van der Waals surface area contributed by atoms with Gasteiger partial charge in [-0.15, -0.1) is 11.3 Å². The topological polar surface area (TPSA) is 82.6 Å². The van der Waals surface area contributed by atoms with Crippen LogP contribution in [0.1, 0.15) is 37.7 Å². The van der Waals surface area contributed by atoms with Crippen LogP contribution in [-0.2, 0) is 14.8 Å². The average molecular weight is 473 g/mol. The number of amides is 1. The number of hydrogen-bond acceptors (Lipinski definition) is 6. The van der Waals surface area contributed by atoms with E-state index in [4.69, 9.17) is 4.98 Å². The largest absolute Gasteiger partial charge is 0.325 e. The van der Waals surface area contributed by atoms with Crippen molar-refractivity contribution in [1.82, 2.24) is 14.2 Å². The number of rotatable bonds is 8. The van der Waals surface area contributed by atoms with Gasteiger partial charge in [-0.1, -0.05) is 26.0 Å². The van der Waals surface area contributed by atoms with Crippen LogP contribution in [-0.4, -0.2) is 54.7 Å². The Morgan fingerprint density at radius 2 is 1.88 bits per heavy atom. The van der Waals surface area contributed by atoms with E-state index in [0.29, 0.717) is 18.8 Å². The van der Waals surface area contributed by atoms with Crippen LogP contribution in [0, 0.1) is 0 Å². The standard InChI is InChI=1S/C23H28N4O3S2/c1-3-27(4-2)32(29,30)18-13-11-17(12-14-18)24-22(28)16-26-15-7-9-20(26)23-25-19-8-5-6-10-21(19)31-23/h5-6,8,10-14,20H,3-4,7,9,15-16H2,1-2H3,(H,24,28)/t20-/m0/s1. The normalized spacial score (nSPS) is 17.3. The van der Waals surface area contributed by atoms with Crippen LogP contribution in [0.2, 0.25) is 0 Å². The quantitative estimate of drug-likeness (QED) is 0.534. The second-order valence-corrected chi connectivity index (χ2v) is 10.8. The molecule has 1 saturated heterocycles. The van der Waals surface area contributed by atoms with Crippen molar-refractivity contribution in [2.24, 2.45) is 0 Å². The van der Waals surface area contributed by atoms with E-state index in [0.717, 1.165) is 29.9 Å². The fraction of sp³-hybridized carbons (Fsp3) is 0.391. The molecule has 3 aromatic rings. The first-order chi connectivity index (χ1) is 15.4. The van der Waals surface area contributed by atoms with E-state index < -0.39 is 10.0 Å². The number of likely N-dealkylation sites (tertiary alicyclic amines) is 1. The molecule has 4 rings (SSSR count). The van der Waals surface area contributed by atoms with Crippen molar-refractivity contribution >= 4 is 43.2 Å². The summed E-state index contributed by atoms with van der Waals surface area (Å²) in [6.45, 7) is 5.60. The molecular formula is C23H28N4O3S2. The second kappa shape index (κ2) is 9.66. The maximum absolute atomic E-state index is 12.7.